The van der Waals surface area contributed by atoms with Crippen LogP contribution >= 0.6 is 0 Å². The maximum absolute atomic E-state index is 12.3. The summed E-state index contributed by atoms with van der Waals surface area (Å²) in [6.45, 7) is 7.96. The molecule has 0 atom stereocenters. The topological polar surface area (TPSA) is 90.4 Å². The fourth-order valence-electron chi connectivity index (χ4n) is 4.35. The Labute approximate surface area is 192 Å². The minimum Gasteiger partial charge on any atom is -0.369 e. The number of fused-ring (bicyclic) bond motifs is 1. The van der Waals surface area contributed by atoms with Gasteiger partial charge in [0.2, 0.25) is 5.91 Å². The molecule has 1 fully saturated rings. The van der Waals surface area contributed by atoms with Gasteiger partial charge in [0, 0.05) is 51.4 Å². The third-order valence-corrected chi connectivity index (χ3v) is 6.18. The number of hydrogen-bond acceptors (Lipinski definition) is 5. The lowest BCUT2D eigenvalue weighted by Crippen LogP contribution is -2.47. The number of para-hydroxylation sites is 1. The van der Waals surface area contributed by atoms with Crippen molar-refractivity contribution in [2.45, 2.75) is 26.3 Å². The summed E-state index contributed by atoms with van der Waals surface area (Å²) in [7, 11) is 0. The van der Waals surface area contributed by atoms with Gasteiger partial charge in [-0.25, -0.2) is 4.79 Å². The molecule has 1 aliphatic rings. The van der Waals surface area contributed by atoms with E-state index in [2.05, 4.69) is 51.3 Å². The van der Waals surface area contributed by atoms with Crippen molar-refractivity contribution in [3.8, 4) is 0 Å². The van der Waals surface area contributed by atoms with Crippen molar-refractivity contribution in [2.75, 3.05) is 44.2 Å². The second kappa shape index (κ2) is 10.5. The minimum atomic E-state index is -0.490. The molecule has 0 bridgehead atoms. The highest BCUT2D eigenvalue weighted by atomic mass is 16.2. The van der Waals surface area contributed by atoms with Gasteiger partial charge >= 0.3 is 5.69 Å². The lowest BCUT2D eigenvalue weighted by Gasteiger charge is -2.36. The Morgan fingerprint density at radius 2 is 1.79 bits per heavy atom. The van der Waals surface area contributed by atoms with Crippen LogP contribution in [0.3, 0.4) is 0 Å². The summed E-state index contributed by atoms with van der Waals surface area (Å²) in [5, 5.41) is 3.39. The van der Waals surface area contributed by atoms with Crippen molar-refractivity contribution in [1.82, 2.24) is 19.8 Å². The number of amides is 1. The smallest absolute Gasteiger partial charge is 0.328 e. The number of aromatic amines is 1. The molecule has 3 aromatic rings. The second-order valence-electron chi connectivity index (χ2n) is 8.55. The third kappa shape index (κ3) is 5.70. The molecule has 1 saturated heterocycles. The van der Waals surface area contributed by atoms with Crippen molar-refractivity contribution in [3.63, 3.8) is 0 Å². The third-order valence-electron chi connectivity index (χ3n) is 6.18. The number of aryl methyl sites for hydroxylation is 2. The van der Waals surface area contributed by atoms with E-state index in [4.69, 9.17) is 0 Å². The van der Waals surface area contributed by atoms with E-state index < -0.39 is 11.2 Å². The molecule has 8 heteroatoms. The zero-order chi connectivity index (χ0) is 23.2. The molecule has 1 aliphatic heterocycles. The van der Waals surface area contributed by atoms with Crippen molar-refractivity contribution >= 4 is 22.5 Å². The molecule has 2 heterocycles. The van der Waals surface area contributed by atoms with Gasteiger partial charge in [-0.3, -0.25) is 24.0 Å². The number of nitrogens with zero attached hydrogens (tertiary/aromatic N) is 3. The second-order valence-corrected chi connectivity index (χ2v) is 8.55. The van der Waals surface area contributed by atoms with Crippen molar-refractivity contribution < 1.29 is 4.79 Å². The van der Waals surface area contributed by atoms with Gasteiger partial charge in [0.15, 0.2) is 0 Å². The molecule has 0 radical (unpaired) electrons. The van der Waals surface area contributed by atoms with Crippen LogP contribution in [-0.2, 0) is 11.3 Å². The van der Waals surface area contributed by atoms with Gasteiger partial charge in [-0.15, -0.1) is 0 Å². The average Bonchev–Trinajstić information content (AvgIpc) is 2.82. The molecule has 2 aromatic carbocycles. The Morgan fingerprint density at radius 1 is 1.00 bits per heavy atom. The molecule has 33 heavy (non-hydrogen) atoms. The van der Waals surface area contributed by atoms with E-state index in [1.807, 2.05) is 0 Å². The number of piperazine rings is 1. The summed E-state index contributed by atoms with van der Waals surface area (Å²) in [6, 6.07) is 15.6. The number of rotatable bonds is 8. The maximum Gasteiger partial charge on any atom is 0.328 e. The standard InChI is InChI=1S/C25H31N5O3/c1-19-6-4-7-20(18-19)29-16-14-28(15-17-29)12-5-11-26-23(31)10-13-30-22-9-3-2-8-21(22)24(32)27-25(30)33/h2-4,6-9,18H,5,10-17H2,1H3,(H,26,31)(H,27,32,33). The molecule has 0 aliphatic carbocycles. The van der Waals surface area contributed by atoms with Crippen molar-refractivity contribution in [3.05, 3.63) is 74.9 Å². The summed E-state index contributed by atoms with van der Waals surface area (Å²) in [5.41, 5.74) is 2.22. The average molecular weight is 450 g/mol. The highest BCUT2D eigenvalue weighted by molar-refractivity contribution is 5.78. The van der Waals surface area contributed by atoms with Crippen molar-refractivity contribution in [1.29, 1.82) is 0 Å². The largest absolute Gasteiger partial charge is 0.369 e. The predicted molar refractivity (Wildman–Crippen MR) is 131 cm³/mol. The maximum atomic E-state index is 12.3. The first-order valence-corrected chi connectivity index (χ1v) is 11.5. The molecule has 0 saturated carbocycles. The number of nitrogens with one attached hydrogen (secondary N) is 2. The number of hydrogen-bond donors (Lipinski definition) is 2. The Hall–Kier alpha value is -3.39. The first-order valence-electron chi connectivity index (χ1n) is 11.5. The van der Waals surface area contributed by atoms with Crippen LogP contribution in [-0.4, -0.2) is 59.6 Å². The molecule has 2 N–H and O–H groups in total. The van der Waals surface area contributed by atoms with Gasteiger partial charge in [-0.05, 0) is 49.7 Å². The van der Waals surface area contributed by atoms with E-state index in [0.29, 0.717) is 17.4 Å². The van der Waals surface area contributed by atoms with Crippen LogP contribution in [0.5, 0.6) is 0 Å². The fraction of sp³-hybridized carbons (Fsp3) is 0.400. The molecule has 4 rings (SSSR count). The number of carbonyl (C=O) groups excluding carboxylic acids is 1. The lowest BCUT2D eigenvalue weighted by molar-refractivity contribution is -0.121. The lowest BCUT2D eigenvalue weighted by atomic mass is 10.2. The minimum absolute atomic E-state index is 0.0959. The van der Waals surface area contributed by atoms with Gasteiger partial charge in [0.25, 0.3) is 5.56 Å². The van der Waals surface area contributed by atoms with E-state index >= 15 is 0 Å². The van der Waals surface area contributed by atoms with Gasteiger partial charge in [-0.2, -0.15) is 0 Å². The molecule has 1 aromatic heterocycles. The Morgan fingerprint density at radius 3 is 2.58 bits per heavy atom. The quantitative estimate of drug-likeness (QED) is 0.511. The Kier molecular flexibility index (Phi) is 7.24. The van der Waals surface area contributed by atoms with Crippen LogP contribution in [0.4, 0.5) is 5.69 Å². The van der Waals surface area contributed by atoms with Crippen LogP contribution in [0.1, 0.15) is 18.4 Å². The summed E-state index contributed by atoms with van der Waals surface area (Å²) in [5.74, 6) is -0.0959. The van der Waals surface area contributed by atoms with Gasteiger partial charge in [0.05, 0.1) is 10.9 Å². The number of anilines is 1. The number of carbonyl (C=O) groups is 1. The number of benzene rings is 2. The normalized spacial score (nSPS) is 14.5. The van der Waals surface area contributed by atoms with Gasteiger partial charge in [0.1, 0.15) is 0 Å². The molecule has 0 unspecified atom stereocenters. The van der Waals surface area contributed by atoms with Gasteiger partial charge in [-0.1, -0.05) is 24.3 Å². The van der Waals surface area contributed by atoms with Crippen LogP contribution in [0, 0.1) is 6.92 Å². The number of H-pyrrole nitrogens is 1. The Balaban J connectivity index is 1.18. The van der Waals surface area contributed by atoms with E-state index in [9.17, 15) is 14.4 Å². The first kappa shape index (κ1) is 22.8. The van der Waals surface area contributed by atoms with E-state index in [-0.39, 0.29) is 18.9 Å². The summed E-state index contributed by atoms with van der Waals surface area (Å²) >= 11 is 0. The predicted octanol–water partition coefficient (Wildman–Crippen LogP) is 1.72. The van der Waals surface area contributed by atoms with Crippen molar-refractivity contribution in [2.24, 2.45) is 0 Å². The van der Waals surface area contributed by atoms with Gasteiger partial charge < -0.3 is 10.2 Å². The molecule has 8 nitrogen and oxygen atoms in total. The van der Waals surface area contributed by atoms with Crippen LogP contribution in [0.25, 0.3) is 10.9 Å². The highest BCUT2D eigenvalue weighted by Gasteiger charge is 2.17. The fourth-order valence-corrected chi connectivity index (χ4v) is 4.35. The van der Waals surface area contributed by atoms with Crippen LogP contribution in [0.2, 0.25) is 0 Å². The van der Waals surface area contributed by atoms with Crippen LogP contribution in [0.15, 0.2) is 58.1 Å². The molecule has 0 spiro atoms. The summed E-state index contributed by atoms with van der Waals surface area (Å²) < 4.78 is 1.45. The summed E-state index contributed by atoms with van der Waals surface area (Å²) in [6.07, 6.45) is 1.07. The van der Waals surface area contributed by atoms with E-state index in [1.165, 1.54) is 15.8 Å². The zero-order valence-electron chi connectivity index (χ0n) is 19.0. The molecular formula is C25H31N5O3. The summed E-state index contributed by atoms with van der Waals surface area (Å²) in [4.78, 5) is 43.6. The monoisotopic (exact) mass is 449 g/mol. The van der Waals surface area contributed by atoms with Crippen LogP contribution < -0.4 is 21.5 Å². The number of aromatic nitrogens is 2. The SMILES string of the molecule is Cc1cccc(N2CCN(CCCNC(=O)CCn3c(=O)[nH]c(=O)c4ccccc43)CC2)c1. The van der Waals surface area contributed by atoms with E-state index in [0.717, 1.165) is 39.1 Å². The first-order chi connectivity index (χ1) is 16.0. The van der Waals surface area contributed by atoms with E-state index in [1.54, 1.807) is 24.3 Å². The zero-order valence-corrected chi connectivity index (χ0v) is 19.0. The highest BCUT2D eigenvalue weighted by Crippen LogP contribution is 2.17. The molecule has 174 valence electrons. The Bertz CT molecular complexity index is 1220. The molecular weight excluding hydrogens is 418 g/mol. The molecule has 1 amide bonds.